The van der Waals surface area contributed by atoms with E-state index in [1.807, 2.05) is 0 Å². The fraction of sp³-hybridized carbons (Fsp3) is 1.00. The molecule has 0 heterocycles. The van der Waals surface area contributed by atoms with Crippen LogP contribution >= 0.6 is 0 Å². The van der Waals surface area contributed by atoms with E-state index in [2.05, 4.69) is 55.4 Å². The first-order valence-corrected chi connectivity index (χ1v) is 8.81. The molecule has 0 N–H and O–H groups in total. The molecule has 0 fully saturated rings. The molecule has 0 aliphatic carbocycles. The Morgan fingerprint density at radius 1 is 0.810 bits per heavy atom. The molecule has 0 radical (unpaired) electrons. The van der Waals surface area contributed by atoms with Crippen molar-refractivity contribution in [2.75, 3.05) is 13.2 Å². The highest BCUT2D eigenvalue weighted by Gasteiger charge is 2.16. The molecule has 2 unspecified atom stereocenters. The third-order valence-corrected chi connectivity index (χ3v) is 3.79. The van der Waals surface area contributed by atoms with Crippen molar-refractivity contribution in [3.8, 4) is 0 Å². The second kappa shape index (κ2) is 9.84. The lowest BCUT2D eigenvalue weighted by Crippen LogP contribution is -2.22. The first-order chi connectivity index (χ1) is 9.53. The average molecular weight is 301 g/mol. The first kappa shape index (κ1) is 20.9. The molecule has 21 heavy (non-hydrogen) atoms. The Bertz CT molecular complexity index is 247. The van der Waals surface area contributed by atoms with Crippen molar-refractivity contribution in [2.24, 2.45) is 11.8 Å². The van der Waals surface area contributed by atoms with Crippen molar-refractivity contribution in [1.29, 1.82) is 0 Å². The monoisotopic (exact) mass is 300 g/mol. The Balaban J connectivity index is 4.08. The Hall–Kier alpha value is -0.0800. The van der Waals surface area contributed by atoms with Crippen molar-refractivity contribution >= 4 is 0 Å². The highest BCUT2D eigenvalue weighted by atomic mass is 16.5. The molecule has 0 aromatic rings. The number of ether oxygens (including phenoxy) is 2. The zero-order valence-electron chi connectivity index (χ0n) is 15.9. The summed E-state index contributed by atoms with van der Waals surface area (Å²) in [6.07, 6.45) is 6.19. The minimum Gasteiger partial charge on any atom is -0.376 e. The molecule has 2 nitrogen and oxygen atoms in total. The molecule has 0 bridgehead atoms. The second-order valence-electron chi connectivity index (χ2n) is 8.47. The van der Waals surface area contributed by atoms with Gasteiger partial charge in [-0.25, -0.2) is 0 Å². The van der Waals surface area contributed by atoms with Gasteiger partial charge in [-0.2, -0.15) is 0 Å². The zero-order valence-corrected chi connectivity index (χ0v) is 15.9. The van der Waals surface area contributed by atoms with E-state index in [1.165, 1.54) is 25.7 Å². The molecule has 0 saturated carbocycles. The smallest absolute Gasteiger partial charge is 0.0598 e. The predicted molar refractivity (Wildman–Crippen MR) is 92.8 cm³/mol. The molecular weight excluding hydrogens is 260 g/mol. The molecule has 0 aromatic heterocycles. The van der Waals surface area contributed by atoms with Crippen molar-refractivity contribution in [2.45, 2.75) is 98.7 Å². The van der Waals surface area contributed by atoms with Gasteiger partial charge in [-0.05, 0) is 79.1 Å². The van der Waals surface area contributed by atoms with Gasteiger partial charge in [0.05, 0.1) is 11.2 Å². The van der Waals surface area contributed by atoms with Gasteiger partial charge in [-0.1, -0.05) is 20.3 Å². The zero-order chi connectivity index (χ0) is 16.5. The van der Waals surface area contributed by atoms with Crippen LogP contribution in [0.1, 0.15) is 87.5 Å². The normalized spacial score (nSPS) is 16.0. The van der Waals surface area contributed by atoms with Crippen LogP contribution in [-0.4, -0.2) is 24.4 Å². The van der Waals surface area contributed by atoms with Crippen LogP contribution < -0.4 is 0 Å². The molecule has 0 spiro atoms. The van der Waals surface area contributed by atoms with Crippen LogP contribution in [0.25, 0.3) is 0 Å². The van der Waals surface area contributed by atoms with Gasteiger partial charge in [0.15, 0.2) is 0 Å². The number of hydrogen-bond donors (Lipinski definition) is 0. The van der Waals surface area contributed by atoms with Crippen molar-refractivity contribution < 1.29 is 9.47 Å². The van der Waals surface area contributed by atoms with Crippen molar-refractivity contribution in [1.82, 2.24) is 0 Å². The summed E-state index contributed by atoms with van der Waals surface area (Å²) in [6, 6.07) is 0. The Morgan fingerprint density at radius 3 is 1.81 bits per heavy atom. The summed E-state index contributed by atoms with van der Waals surface area (Å²) in [7, 11) is 0. The molecule has 0 amide bonds. The highest BCUT2D eigenvalue weighted by molar-refractivity contribution is 4.66. The van der Waals surface area contributed by atoms with Gasteiger partial charge in [-0.15, -0.1) is 0 Å². The van der Waals surface area contributed by atoms with Crippen LogP contribution in [0.4, 0.5) is 0 Å². The summed E-state index contributed by atoms with van der Waals surface area (Å²) < 4.78 is 11.7. The summed E-state index contributed by atoms with van der Waals surface area (Å²) in [5.41, 5.74) is -0.0299. The van der Waals surface area contributed by atoms with Crippen LogP contribution in [-0.2, 0) is 9.47 Å². The predicted octanol–water partition coefficient (Wildman–Crippen LogP) is 5.84. The quantitative estimate of drug-likeness (QED) is 0.472. The molecule has 0 aromatic carbocycles. The maximum absolute atomic E-state index is 5.90. The molecule has 0 aliphatic rings. The lowest BCUT2D eigenvalue weighted by atomic mass is 9.88. The Labute approximate surface area is 134 Å². The topological polar surface area (TPSA) is 18.5 Å². The van der Waals surface area contributed by atoms with E-state index >= 15 is 0 Å². The van der Waals surface area contributed by atoms with Gasteiger partial charge in [-0.3, -0.25) is 0 Å². The third-order valence-electron chi connectivity index (χ3n) is 3.79. The third kappa shape index (κ3) is 14.6. The van der Waals surface area contributed by atoms with Crippen LogP contribution in [0.3, 0.4) is 0 Å². The first-order valence-electron chi connectivity index (χ1n) is 8.81. The largest absolute Gasteiger partial charge is 0.376 e. The molecule has 128 valence electrons. The van der Waals surface area contributed by atoms with Gasteiger partial charge in [0.1, 0.15) is 0 Å². The summed E-state index contributed by atoms with van der Waals surface area (Å²) >= 11 is 0. The van der Waals surface area contributed by atoms with Crippen molar-refractivity contribution in [3.63, 3.8) is 0 Å². The SMILES string of the molecule is CCC(C)CC(CCCOC(C)(C)C)CCOC(C)(C)C. The lowest BCUT2D eigenvalue weighted by Gasteiger charge is -2.25. The van der Waals surface area contributed by atoms with Crippen LogP contribution in [0, 0.1) is 11.8 Å². The van der Waals surface area contributed by atoms with Crippen LogP contribution in [0.5, 0.6) is 0 Å². The van der Waals surface area contributed by atoms with Gasteiger partial charge in [0.25, 0.3) is 0 Å². The standard InChI is InChI=1S/C19H40O2/c1-9-16(2)15-17(12-14-21-19(6,7)8)11-10-13-20-18(3,4)5/h16-17H,9-15H2,1-8H3. The molecule has 0 rings (SSSR count). The Morgan fingerprint density at radius 2 is 1.33 bits per heavy atom. The highest BCUT2D eigenvalue weighted by Crippen LogP contribution is 2.24. The molecule has 2 atom stereocenters. The molecule has 2 heteroatoms. The van der Waals surface area contributed by atoms with Gasteiger partial charge >= 0.3 is 0 Å². The summed E-state index contributed by atoms with van der Waals surface area (Å²) in [5.74, 6) is 1.58. The number of rotatable bonds is 10. The lowest BCUT2D eigenvalue weighted by molar-refractivity contribution is -0.0164. The minimum atomic E-state index is -0.0176. The van der Waals surface area contributed by atoms with E-state index in [0.717, 1.165) is 31.5 Å². The summed E-state index contributed by atoms with van der Waals surface area (Å²) in [6.45, 7) is 19.2. The van der Waals surface area contributed by atoms with E-state index in [4.69, 9.17) is 9.47 Å². The molecule has 0 aliphatic heterocycles. The van der Waals surface area contributed by atoms with Crippen LogP contribution in [0.15, 0.2) is 0 Å². The fourth-order valence-electron chi connectivity index (χ4n) is 2.40. The van der Waals surface area contributed by atoms with E-state index in [9.17, 15) is 0 Å². The van der Waals surface area contributed by atoms with Gasteiger partial charge < -0.3 is 9.47 Å². The minimum absolute atomic E-state index is 0.0123. The number of hydrogen-bond acceptors (Lipinski definition) is 2. The maximum atomic E-state index is 5.90. The van der Waals surface area contributed by atoms with Crippen LogP contribution in [0.2, 0.25) is 0 Å². The fourth-order valence-corrected chi connectivity index (χ4v) is 2.40. The Kier molecular flexibility index (Phi) is 9.80. The van der Waals surface area contributed by atoms with Crippen molar-refractivity contribution in [3.05, 3.63) is 0 Å². The summed E-state index contributed by atoms with van der Waals surface area (Å²) in [5, 5.41) is 0. The average Bonchev–Trinajstić information content (AvgIpc) is 2.31. The summed E-state index contributed by atoms with van der Waals surface area (Å²) in [4.78, 5) is 0. The van der Waals surface area contributed by atoms with Gasteiger partial charge in [0.2, 0.25) is 0 Å². The van der Waals surface area contributed by atoms with E-state index < -0.39 is 0 Å². The van der Waals surface area contributed by atoms with Gasteiger partial charge in [0, 0.05) is 13.2 Å². The molecular formula is C19H40O2. The molecule has 0 saturated heterocycles. The maximum Gasteiger partial charge on any atom is 0.0598 e. The van der Waals surface area contributed by atoms with E-state index in [1.54, 1.807) is 0 Å². The van der Waals surface area contributed by atoms with E-state index in [0.29, 0.717) is 0 Å². The second-order valence-corrected chi connectivity index (χ2v) is 8.47. The van der Waals surface area contributed by atoms with E-state index in [-0.39, 0.29) is 11.2 Å².